The van der Waals surface area contributed by atoms with Crippen molar-refractivity contribution in [1.29, 1.82) is 0 Å². The number of esters is 12. The molecule has 2 heterocycles. The van der Waals surface area contributed by atoms with E-state index < -0.39 is 276 Å². The lowest BCUT2D eigenvalue weighted by molar-refractivity contribution is -0.362. The number of hydrogen-bond donors (Lipinski definition) is 1. The van der Waals surface area contributed by atoms with E-state index in [1.54, 1.807) is 0 Å². The van der Waals surface area contributed by atoms with E-state index in [-0.39, 0.29) is 74.5 Å². The van der Waals surface area contributed by atoms with Crippen LogP contribution in [0, 0.1) is 135 Å². The summed E-state index contributed by atoms with van der Waals surface area (Å²) in [7, 11) is 0. The van der Waals surface area contributed by atoms with Crippen molar-refractivity contribution in [3.05, 3.63) is 0 Å². The van der Waals surface area contributed by atoms with Crippen molar-refractivity contribution >= 4 is 71.6 Å². The number of rotatable bonds is 32. The molecule has 0 aromatic heterocycles. The average Bonchev–Trinajstić information content (AvgIpc) is 1.56. The van der Waals surface area contributed by atoms with Gasteiger partial charge in [-0.3, -0.25) is 28.8 Å². The Labute approximate surface area is 846 Å². The van der Waals surface area contributed by atoms with Gasteiger partial charge in [0.2, 0.25) is 0 Å². The van der Waals surface area contributed by atoms with Gasteiger partial charge in [-0.25, -0.2) is 46.3 Å². The Hall–Kier alpha value is -7.88. The maximum Gasteiger partial charge on any atom is 0.468 e. The van der Waals surface area contributed by atoms with E-state index in [4.69, 9.17) is 37.9 Å². The fourth-order valence-electron chi connectivity index (χ4n) is 30.9. The zero-order valence-corrected chi connectivity index (χ0v) is 84.4. The number of aliphatic hydroxyl groups is 1. The molecule has 2 saturated heterocycles. The van der Waals surface area contributed by atoms with Crippen LogP contribution in [0.5, 0.6) is 0 Å². The zero-order valence-electron chi connectivity index (χ0n) is 84.4. The first-order valence-corrected chi connectivity index (χ1v) is 52.2. The van der Waals surface area contributed by atoms with Gasteiger partial charge in [0.15, 0.2) is 6.61 Å². The van der Waals surface area contributed by atoms with E-state index in [2.05, 4.69) is 35.3 Å². The highest BCUT2D eigenvalue weighted by Crippen LogP contribution is 2.69. The normalized spacial score (nSPS) is 38.2. The highest BCUT2D eigenvalue weighted by atomic mass is 19.4. The molecule has 21 saturated carbocycles. The summed E-state index contributed by atoms with van der Waals surface area (Å²) >= 11 is 0. The molecule has 47 heteroatoms. The van der Waals surface area contributed by atoms with E-state index in [9.17, 15) is 150 Å². The first-order chi connectivity index (χ1) is 68.9. The van der Waals surface area contributed by atoms with Crippen molar-refractivity contribution in [3.8, 4) is 0 Å². The number of alkyl halides is 20. The quantitative estimate of drug-likeness (QED) is 0.0283. The van der Waals surface area contributed by atoms with Gasteiger partial charge in [-0.15, -0.1) is 0 Å². The Kier molecular flexibility index (Phi) is 31.7. The first kappa shape index (κ1) is 115. The zero-order chi connectivity index (χ0) is 110. The second-order valence-electron chi connectivity index (χ2n) is 47.0. The van der Waals surface area contributed by atoms with Crippen LogP contribution in [0.4, 0.5) is 87.8 Å². The van der Waals surface area contributed by atoms with E-state index in [1.165, 1.54) is 19.8 Å². The molecule has 0 aromatic rings. The summed E-state index contributed by atoms with van der Waals surface area (Å²) in [5, 5.41) is 10.8. The van der Waals surface area contributed by atoms with Gasteiger partial charge < -0.3 is 71.4 Å². The summed E-state index contributed by atoms with van der Waals surface area (Å²) < 4.78 is 340. The molecule has 23 fully saturated rings. The van der Waals surface area contributed by atoms with Gasteiger partial charge in [0.25, 0.3) is 0 Å². The number of carbonyl (C=O) groups excluding carboxylic acids is 12. The lowest BCUT2D eigenvalue weighted by Crippen LogP contribution is -2.63. The Morgan fingerprint density at radius 2 is 0.745 bits per heavy atom. The number of fused-ring (bicyclic) bond motifs is 2. The van der Waals surface area contributed by atoms with Crippen molar-refractivity contribution in [2.45, 2.75) is 393 Å². The molecule has 0 spiro atoms. The molecule has 27 nitrogen and oxygen atoms in total. The third-order valence-electron chi connectivity index (χ3n) is 36.7. The molecule has 23 aliphatic rings. The summed E-state index contributed by atoms with van der Waals surface area (Å²) in [6.07, 6.45) is 4.48. The van der Waals surface area contributed by atoms with Crippen LogP contribution in [-0.4, -0.2) is 222 Å². The minimum absolute atomic E-state index is 0.0948. The second-order valence-corrected chi connectivity index (χ2v) is 47.0. The fourth-order valence-corrected chi connectivity index (χ4v) is 30.9. The van der Waals surface area contributed by atoms with Crippen LogP contribution in [0.15, 0.2) is 0 Å². The van der Waals surface area contributed by atoms with Crippen molar-refractivity contribution in [3.63, 3.8) is 0 Å². The summed E-state index contributed by atoms with van der Waals surface area (Å²) in [5.41, 5.74) is -5.58. The standard InChI is InChI=1S/C24H30F2O6.C21H27F7O6.C21H27F7O5.C20H26F2O6.C16H22F2O4/c1-3-24(12-5-10-4-11(7-12)8-13(24)6-10)32-21(28)17-15-9-14-16(17)20(27)30-18(14)19(15)31-22(29)23(2,25)26;1-3-32-15(30)20(21(26,27)28,33-5-4-19(24,25)16(2,22)23)34-14(29)17-7-12-6-13(8-17)10-18(31,9-12)11-17;1-3-31-16(30)20(21(26,27)28,32-5-4-19(24,25)17(2,22)23)33-15(29)18-9-12-6-13(10-18)8-14(7-12)11-18;1-3-20(7-5-4-6-8-20)28-17(24)13-11-9-10-12(13)16(23)26-14(10)15(11)27-18(25)19(2,21)22;1-15(22-13(19)8-21-14(20)16(2,17)18)11-4-9-3-10(6-11)7-12(15)5-9/h10-19H,3-9H2,1-2H3;12-13,31H,3-11H2,1-2H3;12-14H,3-11H2,1-2H3;10-15H,3-9H2,1-2H3;9-12H,3-8H2,1-2H3. The molecule has 149 heavy (non-hydrogen) atoms. The molecular weight excluding hydrogens is 2040 g/mol. The van der Waals surface area contributed by atoms with Crippen LogP contribution in [-0.2, 0) is 124 Å². The van der Waals surface area contributed by atoms with Crippen LogP contribution in [0.2, 0.25) is 0 Å². The van der Waals surface area contributed by atoms with Crippen LogP contribution >= 0.6 is 0 Å². The molecule has 0 aromatic carbocycles. The molecule has 16 unspecified atom stereocenters. The smallest absolute Gasteiger partial charge is 0.461 e. The van der Waals surface area contributed by atoms with Gasteiger partial charge in [-0.2, -0.15) is 70.2 Å². The predicted octanol–water partition coefficient (Wildman–Crippen LogP) is 19.1. The number of carbonyl (C=O) groups is 12. The van der Waals surface area contributed by atoms with Gasteiger partial charge in [0.1, 0.15) is 41.2 Å². The third-order valence-corrected chi connectivity index (χ3v) is 36.7. The largest absolute Gasteiger partial charge is 0.468 e. The van der Waals surface area contributed by atoms with E-state index in [0.717, 1.165) is 140 Å². The lowest BCUT2D eigenvalue weighted by Gasteiger charge is -2.60. The molecule has 0 radical (unpaired) electrons. The van der Waals surface area contributed by atoms with Gasteiger partial charge in [-0.05, 0) is 290 Å². The van der Waals surface area contributed by atoms with E-state index in [0.29, 0.717) is 102 Å². The van der Waals surface area contributed by atoms with Crippen LogP contribution in [0.1, 0.15) is 281 Å². The lowest BCUT2D eigenvalue weighted by atomic mass is 9.48. The minimum atomic E-state index is -5.78. The van der Waals surface area contributed by atoms with E-state index in [1.807, 2.05) is 13.8 Å². The highest BCUT2D eigenvalue weighted by Gasteiger charge is 2.77. The molecule has 0 amide bonds. The van der Waals surface area contributed by atoms with Crippen LogP contribution in [0.3, 0.4) is 0 Å². The van der Waals surface area contributed by atoms with Gasteiger partial charge in [0, 0.05) is 71.1 Å². The number of halogens is 20. The summed E-state index contributed by atoms with van der Waals surface area (Å²) in [6, 6.07) is 0. The second kappa shape index (κ2) is 41.0. The van der Waals surface area contributed by atoms with Crippen molar-refractivity contribution in [2.24, 2.45) is 135 Å². The molecule has 21 aliphatic carbocycles. The first-order valence-electron chi connectivity index (χ1n) is 52.2. The van der Waals surface area contributed by atoms with Gasteiger partial charge >= 0.3 is 137 Å². The fraction of sp³-hybridized carbons (Fsp3) is 0.882. The van der Waals surface area contributed by atoms with Crippen LogP contribution in [0.25, 0.3) is 0 Å². The van der Waals surface area contributed by atoms with Crippen LogP contribution < -0.4 is 0 Å². The predicted molar refractivity (Wildman–Crippen MR) is 467 cm³/mol. The number of ether oxygens (including phenoxy) is 14. The molecule has 1 N–H and O–H groups in total. The van der Waals surface area contributed by atoms with E-state index >= 15 is 0 Å². The topological polar surface area (TPSA) is 354 Å². The van der Waals surface area contributed by atoms with Crippen molar-refractivity contribution in [1.82, 2.24) is 0 Å². The maximum absolute atomic E-state index is 14.1. The molecule has 23 rings (SSSR count). The molecule has 2 aliphatic heterocycles. The summed E-state index contributed by atoms with van der Waals surface area (Å²) in [6.45, 7) is 4.29. The third kappa shape index (κ3) is 22.2. The Bertz CT molecular complexity index is 4890. The summed E-state index contributed by atoms with van der Waals surface area (Å²) in [4.78, 5) is 149. The Morgan fingerprint density at radius 1 is 0.389 bits per heavy atom. The van der Waals surface area contributed by atoms with Crippen molar-refractivity contribution in [2.75, 3.05) is 33.0 Å². The Morgan fingerprint density at radius 3 is 1.09 bits per heavy atom. The van der Waals surface area contributed by atoms with Crippen molar-refractivity contribution < 1.29 is 217 Å². The number of hydrogen-bond acceptors (Lipinski definition) is 27. The van der Waals surface area contributed by atoms with Gasteiger partial charge in [0.05, 0.1) is 66.5 Å². The average molecular weight is 2170 g/mol. The maximum atomic E-state index is 14.1. The SMILES string of the molecule is CC(F)(F)C(=O)OCC(=O)OC1(C)C2CC3CC(C2)CC1C3.CCC1(OC(=O)C2C3CC4C(OC(=O)C42)C3OC(=O)C(C)(F)F)C2CC3CC(C2)CC1C3.CCC1(OC(=O)C2C3CC4C(OC(=O)C42)C3OC(=O)C(C)(F)F)CCCCC1.CCOC(=O)C(OCCC(F)(F)C(C)(F)F)(OC(=O)C12CC3CC(CC(C3)C1)C2)C(F)(F)F.CCOC(=O)C(OCCC(F)(F)C(C)(F)F)(OC(=O)C12CC3CC(CC(O)(C3)C1)C2)C(F)(F)F. The Balaban J connectivity index is 0.000000140. The minimum Gasteiger partial charge on any atom is -0.461 e. The molecule has 842 valence electrons. The monoisotopic (exact) mass is 2170 g/mol. The summed E-state index contributed by atoms with van der Waals surface area (Å²) in [5.74, 6) is -53.0. The highest BCUT2D eigenvalue weighted by molar-refractivity contribution is 5.90. The molecule has 20 bridgehead atoms. The van der Waals surface area contributed by atoms with Gasteiger partial charge in [-0.1, -0.05) is 20.3 Å². The molecular formula is C102H132F20O27. The molecule has 16 atom stereocenters.